The van der Waals surface area contributed by atoms with Crippen molar-refractivity contribution in [2.45, 2.75) is 60.4 Å². The summed E-state index contributed by atoms with van der Waals surface area (Å²) in [5, 5.41) is 3.04. The quantitative estimate of drug-likeness (QED) is 0.741. The Hall–Kier alpha value is -0.530. The largest absolute Gasteiger partial charge is 0.353 e. The minimum Gasteiger partial charge on any atom is -0.353 e. The highest BCUT2D eigenvalue weighted by molar-refractivity contribution is 5.81. The zero-order valence-corrected chi connectivity index (χ0v) is 10.5. The minimum absolute atomic E-state index is 0.147. The van der Waals surface area contributed by atoms with Crippen molar-refractivity contribution in [2.75, 3.05) is 0 Å². The van der Waals surface area contributed by atoms with Crippen LogP contribution in [0.25, 0.3) is 0 Å². The first-order chi connectivity index (χ1) is 6.23. The van der Waals surface area contributed by atoms with E-state index >= 15 is 0 Å². The average Bonchev–Trinajstić information content (AvgIpc) is 1.99. The van der Waals surface area contributed by atoms with Crippen LogP contribution in [0.15, 0.2) is 0 Å². The molecule has 0 aliphatic rings. The Bertz CT molecular complexity index is 179. The SMILES string of the molecule is CC(C)CCC(C)NC(=O)C(C)(C)C. The van der Waals surface area contributed by atoms with Crippen LogP contribution in [0.3, 0.4) is 0 Å². The molecule has 0 aromatic rings. The van der Waals surface area contributed by atoms with Gasteiger partial charge in [-0.3, -0.25) is 4.79 Å². The first-order valence-electron chi connectivity index (χ1n) is 5.54. The van der Waals surface area contributed by atoms with Crippen molar-refractivity contribution in [1.82, 2.24) is 5.32 Å². The van der Waals surface area contributed by atoms with Gasteiger partial charge in [-0.05, 0) is 25.7 Å². The second-order valence-electron chi connectivity index (χ2n) is 5.60. The number of hydrogen-bond acceptors (Lipinski definition) is 1. The number of amides is 1. The summed E-state index contributed by atoms with van der Waals surface area (Å²) >= 11 is 0. The van der Waals surface area contributed by atoms with E-state index < -0.39 is 0 Å². The van der Waals surface area contributed by atoms with Crippen molar-refractivity contribution in [3.63, 3.8) is 0 Å². The molecular formula is C12H25NO. The van der Waals surface area contributed by atoms with Crippen LogP contribution in [0.1, 0.15) is 54.4 Å². The van der Waals surface area contributed by atoms with E-state index in [9.17, 15) is 4.79 Å². The minimum atomic E-state index is -0.272. The van der Waals surface area contributed by atoms with Crippen LogP contribution >= 0.6 is 0 Å². The smallest absolute Gasteiger partial charge is 0.225 e. The number of hydrogen-bond donors (Lipinski definition) is 1. The number of carbonyl (C=O) groups is 1. The van der Waals surface area contributed by atoms with Gasteiger partial charge < -0.3 is 5.32 Å². The third-order valence-corrected chi connectivity index (χ3v) is 2.24. The molecule has 0 fully saturated rings. The van der Waals surface area contributed by atoms with Crippen LogP contribution < -0.4 is 5.32 Å². The molecule has 2 heteroatoms. The third-order valence-electron chi connectivity index (χ3n) is 2.24. The lowest BCUT2D eigenvalue weighted by molar-refractivity contribution is -0.129. The molecule has 0 radical (unpaired) electrons. The highest BCUT2D eigenvalue weighted by Gasteiger charge is 2.22. The highest BCUT2D eigenvalue weighted by Crippen LogP contribution is 2.14. The van der Waals surface area contributed by atoms with E-state index in [1.165, 1.54) is 6.42 Å². The van der Waals surface area contributed by atoms with E-state index in [1.807, 2.05) is 20.8 Å². The first-order valence-corrected chi connectivity index (χ1v) is 5.54. The molecule has 0 aliphatic carbocycles. The molecule has 0 saturated carbocycles. The van der Waals surface area contributed by atoms with Crippen LogP contribution in [-0.2, 0) is 4.79 Å². The Morgan fingerprint density at radius 2 is 1.64 bits per heavy atom. The average molecular weight is 199 g/mol. The van der Waals surface area contributed by atoms with Gasteiger partial charge in [-0.1, -0.05) is 34.6 Å². The van der Waals surface area contributed by atoms with E-state index in [4.69, 9.17) is 0 Å². The molecule has 0 spiro atoms. The first kappa shape index (κ1) is 13.5. The molecule has 1 unspecified atom stereocenters. The molecule has 0 aromatic carbocycles. The predicted octanol–water partition coefficient (Wildman–Crippen LogP) is 2.97. The molecule has 2 nitrogen and oxygen atoms in total. The van der Waals surface area contributed by atoms with Crippen LogP contribution in [0.2, 0.25) is 0 Å². The maximum absolute atomic E-state index is 11.6. The fraction of sp³-hybridized carbons (Fsp3) is 0.917. The molecule has 0 aliphatic heterocycles. The van der Waals surface area contributed by atoms with Crippen molar-refractivity contribution >= 4 is 5.91 Å². The van der Waals surface area contributed by atoms with Gasteiger partial charge >= 0.3 is 0 Å². The molecule has 1 N–H and O–H groups in total. The zero-order chi connectivity index (χ0) is 11.4. The maximum Gasteiger partial charge on any atom is 0.225 e. The lowest BCUT2D eigenvalue weighted by Gasteiger charge is -2.22. The van der Waals surface area contributed by atoms with Crippen molar-refractivity contribution in [3.8, 4) is 0 Å². The van der Waals surface area contributed by atoms with Crippen molar-refractivity contribution in [3.05, 3.63) is 0 Å². The van der Waals surface area contributed by atoms with Crippen molar-refractivity contribution in [2.24, 2.45) is 11.3 Å². The van der Waals surface area contributed by atoms with Gasteiger partial charge in [0.2, 0.25) is 5.91 Å². The normalized spacial score (nSPS) is 14.2. The highest BCUT2D eigenvalue weighted by atomic mass is 16.2. The third kappa shape index (κ3) is 6.01. The molecule has 0 saturated heterocycles. The number of nitrogens with one attached hydrogen (secondary N) is 1. The lowest BCUT2D eigenvalue weighted by Crippen LogP contribution is -2.40. The second kappa shape index (κ2) is 5.38. The molecule has 0 bridgehead atoms. The molecular weight excluding hydrogens is 174 g/mol. The molecule has 1 atom stereocenters. The Balaban J connectivity index is 3.83. The maximum atomic E-state index is 11.6. The summed E-state index contributed by atoms with van der Waals surface area (Å²) in [6, 6.07) is 0.295. The molecule has 0 aromatic heterocycles. The van der Waals surface area contributed by atoms with E-state index in [-0.39, 0.29) is 11.3 Å². The van der Waals surface area contributed by atoms with Gasteiger partial charge in [-0.25, -0.2) is 0 Å². The van der Waals surface area contributed by atoms with Gasteiger partial charge in [0.05, 0.1) is 0 Å². The van der Waals surface area contributed by atoms with Crippen LogP contribution in [0.5, 0.6) is 0 Å². The van der Waals surface area contributed by atoms with Crippen LogP contribution in [0.4, 0.5) is 0 Å². The van der Waals surface area contributed by atoms with E-state index in [0.29, 0.717) is 12.0 Å². The fourth-order valence-electron chi connectivity index (χ4n) is 1.10. The molecule has 0 heterocycles. The van der Waals surface area contributed by atoms with Gasteiger partial charge in [-0.2, -0.15) is 0 Å². The zero-order valence-electron chi connectivity index (χ0n) is 10.5. The number of carbonyl (C=O) groups excluding carboxylic acids is 1. The van der Waals surface area contributed by atoms with Gasteiger partial charge in [0.1, 0.15) is 0 Å². The summed E-state index contributed by atoms with van der Waals surface area (Å²) in [5.74, 6) is 0.859. The van der Waals surface area contributed by atoms with Crippen molar-refractivity contribution < 1.29 is 4.79 Å². The summed E-state index contributed by atoms with van der Waals surface area (Å²) in [6.07, 6.45) is 2.24. The Kier molecular flexibility index (Phi) is 5.17. The van der Waals surface area contributed by atoms with Gasteiger partial charge in [-0.15, -0.1) is 0 Å². The van der Waals surface area contributed by atoms with Gasteiger partial charge in [0.15, 0.2) is 0 Å². The number of rotatable bonds is 4. The van der Waals surface area contributed by atoms with Crippen molar-refractivity contribution in [1.29, 1.82) is 0 Å². The summed E-state index contributed by atoms with van der Waals surface area (Å²) in [7, 11) is 0. The summed E-state index contributed by atoms with van der Waals surface area (Å²) in [6.45, 7) is 12.3. The monoisotopic (exact) mass is 199 g/mol. The summed E-state index contributed by atoms with van der Waals surface area (Å²) < 4.78 is 0. The van der Waals surface area contributed by atoms with Crippen LogP contribution in [-0.4, -0.2) is 11.9 Å². The summed E-state index contributed by atoms with van der Waals surface area (Å²) in [4.78, 5) is 11.6. The van der Waals surface area contributed by atoms with Gasteiger partial charge in [0.25, 0.3) is 0 Å². The van der Waals surface area contributed by atoms with Gasteiger partial charge in [0, 0.05) is 11.5 Å². The second-order valence-corrected chi connectivity index (χ2v) is 5.60. The lowest BCUT2D eigenvalue weighted by atomic mass is 9.94. The molecule has 84 valence electrons. The van der Waals surface area contributed by atoms with E-state index in [2.05, 4.69) is 26.1 Å². The molecule has 14 heavy (non-hydrogen) atoms. The van der Waals surface area contributed by atoms with E-state index in [0.717, 1.165) is 6.42 Å². The molecule has 0 rings (SSSR count). The predicted molar refractivity (Wildman–Crippen MR) is 61.1 cm³/mol. The van der Waals surface area contributed by atoms with Crippen LogP contribution in [0, 0.1) is 11.3 Å². The Morgan fingerprint density at radius 1 is 1.14 bits per heavy atom. The van der Waals surface area contributed by atoms with E-state index in [1.54, 1.807) is 0 Å². The summed E-state index contributed by atoms with van der Waals surface area (Å²) in [5.41, 5.74) is -0.272. The topological polar surface area (TPSA) is 29.1 Å². The Morgan fingerprint density at radius 3 is 2.00 bits per heavy atom. The Labute approximate surface area is 88.5 Å². The fourth-order valence-corrected chi connectivity index (χ4v) is 1.10. The molecule has 1 amide bonds. The standard InChI is InChI=1S/C12H25NO/c1-9(2)7-8-10(3)13-11(14)12(4,5)6/h9-10H,7-8H2,1-6H3,(H,13,14).